The number of esters is 1. The zero-order chi connectivity index (χ0) is 12.4. The number of nitrogen functional groups attached to an aromatic ring is 1. The van der Waals surface area contributed by atoms with E-state index in [2.05, 4.69) is 4.74 Å². The molecule has 0 atom stereocenters. The van der Waals surface area contributed by atoms with Crippen LogP contribution in [-0.4, -0.2) is 13.1 Å². The molecule has 2 rings (SSSR count). The molecule has 0 aliphatic rings. The third-order valence-corrected chi connectivity index (χ3v) is 3.52. The SMILES string of the molecule is COC(=O)c1cc(-c2cccc(Cl)c2)sc1N. The Morgan fingerprint density at radius 1 is 1.41 bits per heavy atom. The number of nitrogens with two attached hydrogens (primary N) is 1. The normalized spacial score (nSPS) is 10.2. The molecular formula is C12H10ClNO2S. The second-order valence-electron chi connectivity index (χ2n) is 3.39. The average Bonchev–Trinajstić information content (AvgIpc) is 2.70. The molecule has 0 amide bonds. The smallest absolute Gasteiger partial charge is 0.340 e. The van der Waals surface area contributed by atoms with E-state index in [1.54, 1.807) is 12.1 Å². The van der Waals surface area contributed by atoms with Crippen LogP contribution >= 0.6 is 22.9 Å². The van der Waals surface area contributed by atoms with Crippen LogP contribution in [0.25, 0.3) is 10.4 Å². The van der Waals surface area contributed by atoms with Crippen molar-refractivity contribution in [1.82, 2.24) is 0 Å². The Labute approximate surface area is 108 Å². The summed E-state index contributed by atoms with van der Waals surface area (Å²) in [5.41, 5.74) is 7.11. The van der Waals surface area contributed by atoms with E-state index in [1.165, 1.54) is 18.4 Å². The summed E-state index contributed by atoms with van der Waals surface area (Å²) < 4.78 is 4.65. The van der Waals surface area contributed by atoms with E-state index >= 15 is 0 Å². The van der Waals surface area contributed by atoms with Crippen molar-refractivity contribution in [2.75, 3.05) is 12.8 Å². The van der Waals surface area contributed by atoms with Crippen molar-refractivity contribution >= 4 is 33.9 Å². The Hall–Kier alpha value is -1.52. The lowest BCUT2D eigenvalue weighted by atomic mass is 10.1. The topological polar surface area (TPSA) is 52.3 Å². The van der Waals surface area contributed by atoms with Gasteiger partial charge in [0.25, 0.3) is 0 Å². The third kappa shape index (κ3) is 2.43. The Morgan fingerprint density at radius 2 is 2.18 bits per heavy atom. The predicted octanol–water partition coefficient (Wildman–Crippen LogP) is 3.44. The summed E-state index contributed by atoms with van der Waals surface area (Å²) in [5, 5.41) is 1.10. The maximum atomic E-state index is 11.4. The summed E-state index contributed by atoms with van der Waals surface area (Å²) in [7, 11) is 1.33. The maximum absolute atomic E-state index is 11.4. The Kier molecular flexibility index (Phi) is 3.36. The van der Waals surface area contributed by atoms with Gasteiger partial charge in [0.15, 0.2) is 0 Å². The van der Waals surface area contributed by atoms with Gasteiger partial charge in [0, 0.05) is 9.90 Å². The first-order chi connectivity index (χ1) is 8.11. The number of benzene rings is 1. The van der Waals surface area contributed by atoms with Gasteiger partial charge >= 0.3 is 5.97 Å². The van der Waals surface area contributed by atoms with Crippen LogP contribution in [0.2, 0.25) is 5.02 Å². The predicted molar refractivity (Wildman–Crippen MR) is 70.5 cm³/mol. The van der Waals surface area contributed by atoms with Gasteiger partial charge in [-0.05, 0) is 23.8 Å². The van der Waals surface area contributed by atoms with E-state index in [4.69, 9.17) is 17.3 Å². The molecule has 0 saturated carbocycles. The van der Waals surface area contributed by atoms with Crippen molar-refractivity contribution in [3.05, 3.63) is 40.9 Å². The van der Waals surface area contributed by atoms with Crippen molar-refractivity contribution < 1.29 is 9.53 Å². The van der Waals surface area contributed by atoms with Crippen molar-refractivity contribution in [2.45, 2.75) is 0 Å². The number of methoxy groups -OCH3 is 1. The van der Waals surface area contributed by atoms with Gasteiger partial charge in [-0.1, -0.05) is 23.7 Å². The maximum Gasteiger partial charge on any atom is 0.340 e. The zero-order valence-corrected chi connectivity index (χ0v) is 10.6. The molecule has 0 unspecified atom stereocenters. The molecule has 88 valence electrons. The molecule has 0 aliphatic carbocycles. The van der Waals surface area contributed by atoms with Crippen LogP contribution in [0, 0.1) is 0 Å². The van der Waals surface area contributed by atoms with Gasteiger partial charge in [-0.3, -0.25) is 0 Å². The molecule has 1 heterocycles. The van der Waals surface area contributed by atoms with Crippen LogP contribution in [0.1, 0.15) is 10.4 Å². The van der Waals surface area contributed by atoms with Crippen LogP contribution in [0.15, 0.2) is 30.3 Å². The first-order valence-electron chi connectivity index (χ1n) is 4.85. The highest BCUT2D eigenvalue weighted by Crippen LogP contribution is 2.34. The lowest BCUT2D eigenvalue weighted by Crippen LogP contribution is -2.01. The minimum Gasteiger partial charge on any atom is -0.465 e. The van der Waals surface area contributed by atoms with E-state index in [0.717, 1.165) is 10.4 Å². The molecule has 2 aromatic rings. The molecule has 2 N–H and O–H groups in total. The van der Waals surface area contributed by atoms with Crippen LogP contribution in [0.5, 0.6) is 0 Å². The second kappa shape index (κ2) is 4.77. The second-order valence-corrected chi connectivity index (χ2v) is 4.91. The summed E-state index contributed by atoms with van der Waals surface area (Å²) in [5.74, 6) is -0.424. The number of carbonyl (C=O) groups is 1. The summed E-state index contributed by atoms with van der Waals surface area (Å²) in [6.45, 7) is 0. The molecule has 1 aromatic carbocycles. The third-order valence-electron chi connectivity index (χ3n) is 2.28. The van der Waals surface area contributed by atoms with Gasteiger partial charge in [0.1, 0.15) is 5.00 Å². The van der Waals surface area contributed by atoms with E-state index < -0.39 is 5.97 Å². The molecule has 3 nitrogen and oxygen atoms in total. The quantitative estimate of drug-likeness (QED) is 0.848. The number of anilines is 1. The van der Waals surface area contributed by atoms with Crippen LogP contribution in [0.3, 0.4) is 0 Å². The number of halogens is 1. The number of hydrogen-bond acceptors (Lipinski definition) is 4. The van der Waals surface area contributed by atoms with Crippen molar-refractivity contribution in [1.29, 1.82) is 0 Å². The van der Waals surface area contributed by atoms with Gasteiger partial charge < -0.3 is 10.5 Å². The van der Waals surface area contributed by atoms with Gasteiger partial charge in [0.2, 0.25) is 0 Å². The number of ether oxygens (including phenoxy) is 1. The van der Waals surface area contributed by atoms with Gasteiger partial charge in [-0.25, -0.2) is 4.79 Å². The Balaban J connectivity index is 2.44. The fourth-order valence-electron chi connectivity index (χ4n) is 1.46. The minimum absolute atomic E-state index is 0.396. The molecule has 0 fully saturated rings. The van der Waals surface area contributed by atoms with Crippen molar-refractivity contribution in [3.63, 3.8) is 0 Å². The largest absolute Gasteiger partial charge is 0.465 e. The average molecular weight is 268 g/mol. The number of rotatable bonds is 2. The van der Waals surface area contributed by atoms with Crippen LogP contribution in [0.4, 0.5) is 5.00 Å². The standard InChI is InChI=1S/C12H10ClNO2S/c1-16-12(15)9-6-10(17-11(9)14)7-3-2-4-8(13)5-7/h2-6H,14H2,1H3. The molecule has 5 heteroatoms. The molecule has 0 saturated heterocycles. The lowest BCUT2D eigenvalue weighted by molar-refractivity contribution is 0.0602. The van der Waals surface area contributed by atoms with Crippen LogP contribution in [-0.2, 0) is 4.74 Å². The van der Waals surface area contributed by atoms with Crippen molar-refractivity contribution in [2.24, 2.45) is 0 Å². The van der Waals surface area contributed by atoms with Gasteiger partial charge in [-0.2, -0.15) is 0 Å². The molecule has 0 bridgehead atoms. The molecular weight excluding hydrogens is 258 g/mol. The highest BCUT2D eigenvalue weighted by Gasteiger charge is 2.15. The Morgan fingerprint density at radius 3 is 2.82 bits per heavy atom. The highest BCUT2D eigenvalue weighted by molar-refractivity contribution is 7.19. The van der Waals surface area contributed by atoms with Gasteiger partial charge in [-0.15, -0.1) is 11.3 Å². The number of thiophene rings is 1. The molecule has 17 heavy (non-hydrogen) atoms. The molecule has 0 radical (unpaired) electrons. The molecule has 0 aliphatic heterocycles. The van der Waals surface area contributed by atoms with Crippen LogP contribution < -0.4 is 5.73 Å². The summed E-state index contributed by atoms with van der Waals surface area (Å²) in [6, 6.07) is 9.11. The first-order valence-corrected chi connectivity index (χ1v) is 6.05. The highest BCUT2D eigenvalue weighted by atomic mass is 35.5. The minimum atomic E-state index is -0.424. The molecule has 1 aromatic heterocycles. The monoisotopic (exact) mass is 267 g/mol. The fraction of sp³-hybridized carbons (Fsp3) is 0.0833. The first kappa shape index (κ1) is 12.0. The summed E-state index contributed by atoms with van der Waals surface area (Å²) >= 11 is 7.25. The van der Waals surface area contributed by atoms with E-state index in [-0.39, 0.29) is 0 Å². The van der Waals surface area contributed by atoms with Crippen molar-refractivity contribution in [3.8, 4) is 10.4 Å². The summed E-state index contributed by atoms with van der Waals surface area (Å²) in [4.78, 5) is 12.3. The number of carbonyl (C=O) groups excluding carboxylic acids is 1. The summed E-state index contributed by atoms with van der Waals surface area (Å²) in [6.07, 6.45) is 0. The Bertz CT molecular complexity index is 565. The van der Waals surface area contributed by atoms with E-state index in [1.807, 2.05) is 18.2 Å². The van der Waals surface area contributed by atoms with E-state index in [9.17, 15) is 4.79 Å². The van der Waals surface area contributed by atoms with Gasteiger partial charge in [0.05, 0.1) is 12.7 Å². The lowest BCUT2D eigenvalue weighted by Gasteiger charge is -1.97. The zero-order valence-electron chi connectivity index (χ0n) is 9.07. The van der Waals surface area contributed by atoms with E-state index in [0.29, 0.717) is 15.6 Å². The fourth-order valence-corrected chi connectivity index (χ4v) is 2.56. The number of hydrogen-bond donors (Lipinski definition) is 1. The molecule has 0 spiro atoms.